The fraction of sp³-hybridized carbons (Fsp3) is 0.625. The van der Waals surface area contributed by atoms with Crippen LogP contribution in [0.5, 0.6) is 0 Å². The summed E-state index contributed by atoms with van der Waals surface area (Å²) in [5.74, 6) is -0.820. The molecule has 0 saturated carbocycles. The van der Waals surface area contributed by atoms with E-state index in [0.29, 0.717) is 5.57 Å². The monoisotopic (exact) mass is 188 g/mol. The van der Waals surface area contributed by atoms with Crippen LogP contribution in [0.4, 0.5) is 0 Å². The van der Waals surface area contributed by atoms with Gasteiger partial charge in [-0.3, -0.25) is 0 Å². The van der Waals surface area contributed by atoms with Crippen LogP contribution in [0.1, 0.15) is 19.8 Å². The van der Waals surface area contributed by atoms with Crippen LogP contribution in [0.3, 0.4) is 0 Å². The van der Waals surface area contributed by atoms with Crippen LogP contribution in [0, 0.1) is 0 Å². The Morgan fingerprint density at radius 2 is 2.33 bits per heavy atom. The van der Waals surface area contributed by atoms with Gasteiger partial charge in [-0.25, -0.2) is 4.79 Å². The molecule has 0 bridgehead atoms. The van der Waals surface area contributed by atoms with Crippen LogP contribution >= 0.6 is 0 Å². The molecule has 0 heterocycles. The Kier molecular flexibility index (Phi) is 6.70. The number of aliphatic carboxylic acids is 1. The Bertz CT molecular complexity index is 166. The molecule has 0 aromatic carbocycles. The van der Waals surface area contributed by atoms with Gasteiger partial charge in [-0.1, -0.05) is 12.5 Å². The molecule has 0 spiro atoms. The highest BCUT2D eigenvalue weighted by atomic mass is 28.2. The summed E-state index contributed by atoms with van der Waals surface area (Å²) in [7, 11) is 1.41. The smallest absolute Gasteiger partial charge is 0.330 e. The van der Waals surface area contributed by atoms with Crippen molar-refractivity contribution in [1.82, 2.24) is 0 Å². The molecule has 12 heavy (non-hydrogen) atoms. The van der Waals surface area contributed by atoms with Gasteiger partial charge in [0.2, 0.25) is 0 Å². The van der Waals surface area contributed by atoms with Crippen molar-refractivity contribution in [3.63, 3.8) is 0 Å². The first-order valence-corrected chi connectivity index (χ1v) is 5.65. The van der Waals surface area contributed by atoms with Crippen molar-refractivity contribution in [2.24, 2.45) is 0 Å². The minimum Gasteiger partial charge on any atom is -0.478 e. The van der Waals surface area contributed by atoms with E-state index in [9.17, 15) is 4.79 Å². The Morgan fingerprint density at radius 3 is 2.83 bits per heavy atom. The molecule has 0 aromatic heterocycles. The minimum atomic E-state index is -0.820. The first-order valence-electron chi connectivity index (χ1n) is 4.07. The summed E-state index contributed by atoms with van der Waals surface area (Å²) < 4.78 is 5.00. The normalized spacial score (nSPS) is 12.7. The van der Waals surface area contributed by atoms with Crippen LogP contribution < -0.4 is 0 Å². The zero-order chi connectivity index (χ0) is 9.40. The first kappa shape index (κ1) is 11.4. The summed E-state index contributed by atoms with van der Waals surface area (Å²) in [5.41, 5.74) is 0.439. The van der Waals surface area contributed by atoms with E-state index in [-0.39, 0.29) is 9.76 Å². The maximum Gasteiger partial charge on any atom is 0.330 e. The van der Waals surface area contributed by atoms with Gasteiger partial charge in [0.05, 0.1) is 0 Å². The second-order valence-corrected chi connectivity index (χ2v) is 4.37. The summed E-state index contributed by atoms with van der Waals surface area (Å²) >= 11 is 0. The van der Waals surface area contributed by atoms with E-state index in [0.717, 1.165) is 18.9 Å². The lowest BCUT2D eigenvalue weighted by Crippen LogP contribution is -1.96. The van der Waals surface area contributed by atoms with E-state index in [4.69, 9.17) is 9.53 Å². The standard InChI is InChI=1S/C8H16O3Si/c1-7(8(9)10)5-3-4-6-12-11-2/h5H,3-4,6,12H2,1-2H3,(H,9,10)/b7-5+. The van der Waals surface area contributed by atoms with Gasteiger partial charge in [0.1, 0.15) is 0 Å². The van der Waals surface area contributed by atoms with Crippen molar-refractivity contribution in [3.05, 3.63) is 11.6 Å². The van der Waals surface area contributed by atoms with Gasteiger partial charge in [0, 0.05) is 12.7 Å². The molecule has 0 aliphatic carbocycles. The summed E-state index contributed by atoms with van der Waals surface area (Å²) in [6.45, 7) is 1.62. The Balaban J connectivity index is 3.40. The van der Waals surface area contributed by atoms with Gasteiger partial charge < -0.3 is 9.53 Å². The van der Waals surface area contributed by atoms with E-state index >= 15 is 0 Å². The number of carboxylic acids is 1. The first-order chi connectivity index (χ1) is 5.68. The number of carbonyl (C=O) groups is 1. The van der Waals surface area contributed by atoms with Gasteiger partial charge in [0.15, 0.2) is 9.76 Å². The van der Waals surface area contributed by atoms with E-state index < -0.39 is 5.97 Å². The summed E-state index contributed by atoms with van der Waals surface area (Å²) in [6, 6.07) is 1.12. The average Bonchev–Trinajstić information content (AvgIpc) is 2.03. The molecular formula is C8H16O3Si. The van der Waals surface area contributed by atoms with Crippen LogP contribution in [0.25, 0.3) is 0 Å². The summed E-state index contributed by atoms with van der Waals surface area (Å²) in [4.78, 5) is 10.3. The molecule has 0 aliphatic rings. The van der Waals surface area contributed by atoms with E-state index in [1.807, 2.05) is 0 Å². The Morgan fingerprint density at radius 1 is 1.67 bits per heavy atom. The molecule has 0 aromatic rings. The quantitative estimate of drug-likeness (QED) is 0.383. The van der Waals surface area contributed by atoms with Gasteiger partial charge in [-0.2, -0.15) is 0 Å². The molecule has 0 saturated heterocycles. The van der Waals surface area contributed by atoms with Crippen molar-refractivity contribution < 1.29 is 14.3 Å². The number of hydrogen-bond acceptors (Lipinski definition) is 2. The second kappa shape index (κ2) is 7.06. The predicted octanol–water partition coefficient (Wildman–Crippen LogP) is 0.946. The van der Waals surface area contributed by atoms with Crippen molar-refractivity contribution in [2.45, 2.75) is 25.8 Å². The summed E-state index contributed by atoms with van der Waals surface area (Å²) in [6.07, 6.45) is 3.67. The van der Waals surface area contributed by atoms with Crippen LogP contribution in [-0.2, 0) is 9.22 Å². The number of hydrogen-bond donors (Lipinski definition) is 1. The number of unbranched alkanes of at least 4 members (excludes halogenated alkanes) is 1. The molecule has 0 unspecified atom stereocenters. The van der Waals surface area contributed by atoms with Crippen molar-refractivity contribution in [1.29, 1.82) is 0 Å². The van der Waals surface area contributed by atoms with E-state index in [1.54, 1.807) is 20.1 Å². The van der Waals surface area contributed by atoms with Crippen LogP contribution in [0.15, 0.2) is 11.6 Å². The topological polar surface area (TPSA) is 46.5 Å². The number of allylic oxidation sites excluding steroid dienone is 1. The van der Waals surface area contributed by atoms with Crippen molar-refractivity contribution >= 4 is 15.7 Å². The highest BCUT2D eigenvalue weighted by Gasteiger charge is 1.97. The number of carboxylic acid groups (broad SMARTS) is 1. The van der Waals surface area contributed by atoms with E-state index in [2.05, 4.69) is 0 Å². The van der Waals surface area contributed by atoms with Gasteiger partial charge >= 0.3 is 5.97 Å². The molecule has 1 N–H and O–H groups in total. The Hall–Kier alpha value is -0.613. The van der Waals surface area contributed by atoms with Gasteiger partial charge in [-0.15, -0.1) is 0 Å². The molecule has 0 rings (SSSR count). The van der Waals surface area contributed by atoms with E-state index in [1.165, 1.54) is 0 Å². The van der Waals surface area contributed by atoms with Crippen molar-refractivity contribution in [3.8, 4) is 0 Å². The molecule has 0 amide bonds. The number of rotatable bonds is 6. The second-order valence-electron chi connectivity index (χ2n) is 2.68. The maximum absolute atomic E-state index is 10.3. The SMILES string of the molecule is CO[SiH2]CCC/C=C(\C)C(=O)O. The molecule has 0 radical (unpaired) electrons. The third kappa shape index (κ3) is 6.12. The Labute approximate surface area is 75.4 Å². The lowest BCUT2D eigenvalue weighted by Gasteiger charge is -1.95. The zero-order valence-corrected chi connectivity index (χ0v) is 9.08. The molecule has 0 atom stereocenters. The molecule has 3 nitrogen and oxygen atoms in total. The highest BCUT2D eigenvalue weighted by molar-refractivity contribution is 6.26. The largest absolute Gasteiger partial charge is 0.478 e. The van der Waals surface area contributed by atoms with Gasteiger partial charge in [-0.05, 0) is 19.4 Å². The zero-order valence-electron chi connectivity index (χ0n) is 7.67. The molecular weight excluding hydrogens is 172 g/mol. The fourth-order valence-corrected chi connectivity index (χ4v) is 1.58. The van der Waals surface area contributed by atoms with Crippen LogP contribution in [0.2, 0.25) is 6.04 Å². The minimum absolute atomic E-state index is 0.319. The molecule has 0 aliphatic heterocycles. The fourth-order valence-electron chi connectivity index (χ4n) is 0.797. The summed E-state index contributed by atoms with van der Waals surface area (Å²) in [5, 5.41) is 8.50. The maximum atomic E-state index is 10.3. The third-order valence-corrected chi connectivity index (χ3v) is 2.79. The average molecular weight is 188 g/mol. The lowest BCUT2D eigenvalue weighted by atomic mass is 10.2. The van der Waals surface area contributed by atoms with Gasteiger partial charge in [0.25, 0.3) is 0 Å². The predicted molar refractivity (Wildman–Crippen MR) is 51.0 cm³/mol. The molecule has 0 fully saturated rings. The molecule has 4 heteroatoms. The highest BCUT2D eigenvalue weighted by Crippen LogP contribution is 2.01. The lowest BCUT2D eigenvalue weighted by molar-refractivity contribution is -0.132. The third-order valence-electron chi connectivity index (χ3n) is 1.59. The van der Waals surface area contributed by atoms with Crippen LogP contribution in [-0.4, -0.2) is 27.9 Å². The molecule has 70 valence electrons. The van der Waals surface area contributed by atoms with Crippen molar-refractivity contribution in [2.75, 3.05) is 7.11 Å².